The predicted molar refractivity (Wildman–Crippen MR) is 108 cm³/mol. The van der Waals surface area contributed by atoms with E-state index in [1.54, 1.807) is 0 Å². The fraction of sp³-hybridized carbons (Fsp3) is 0.684. The topological polar surface area (TPSA) is 38.7 Å². The second-order valence-electron chi connectivity index (χ2n) is 8.81. The highest BCUT2D eigenvalue weighted by atomic mass is 32.2. The Labute approximate surface area is 163 Å². The van der Waals surface area contributed by atoms with Gasteiger partial charge in [-0.2, -0.15) is 13.2 Å². The molecule has 8 heteroatoms. The van der Waals surface area contributed by atoms with Gasteiger partial charge in [-0.3, -0.25) is 0 Å². The molecule has 0 radical (unpaired) electrons. The molecule has 3 nitrogen and oxygen atoms in total. The van der Waals surface area contributed by atoms with Gasteiger partial charge in [0.2, 0.25) is 0 Å². The highest BCUT2D eigenvalue weighted by Crippen LogP contribution is 2.37. The third kappa shape index (κ3) is 6.60. The molecule has 1 aromatic rings. The molecule has 0 aromatic heterocycles. The van der Waals surface area contributed by atoms with Crippen LogP contribution < -0.4 is 0 Å². The van der Waals surface area contributed by atoms with Crippen LogP contribution in [0.1, 0.15) is 40.2 Å². The second kappa shape index (κ2) is 8.25. The fourth-order valence-corrected chi connectivity index (χ4v) is 4.67. The molecular weight excluding hydrogens is 391 g/mol. The Hall–Kier alpha value is -0.863. The summed E-state index contributed by atoms with van der Waals surface area (Å²) < 4.78 is 62.0. The van der Waals surface area contributed by atoms with Crippen molar-refractivity contribution in [2.75, 3.05) is 12.9 Å². The smallest absolute Gasteiger partial charge is 0.415 e. The summed E-state index contributed by atoms with van der Waals surface area (Å²) in [4.78, 5) is 0.300. The first-order chi connectivity index (χ1) is 12.0. The maximum atomic E-state index is 13.1. The Bertz CT molecular complexity index is 744. The maximum absolute atomic E-state index is 13.1. The monoisotopic (exact) mass is 423 g/mol. The molecule has 0 heterocycles. The lowest BCUT2D eigenvalue weighted by Gasteiger charge is -2.37. The van der Waals surface area contributed by atoms with Gasteiger partial charge in [-0.1, -0.05) is 34.6 Å². The van der Waals surface area contributed by atoms with E-state index in [2.05, 4.69) is 38.2 Å². The van der Waals surface area contributed by atoms with E-state index in [0.717, 1.165) is 12.1 Å². The van der Waals surface area contributed by atoms with Crippen molar-refractivity contribution in [3.05, 3.63) is 29.8 Å². The van der Waals surface area contributed by atoms with Crippen LogP contribution in [0, 0.1) is 5.92 Å². The molecular formula is C19H32F3NO2SSi. The Kier molecular flexibility index (Phi) is 7.39. The molecule has 0 aliphatic rings. The zero-order chi connectivity index (χ0) is 21.3. The summed E-state index contributed by atoms with van der Waals surface area (Å²) in [7, 11) is -4.80. The average Bonchev–Trinajstić information content (AvgIpc) is 2.49. The number of alkyl halides is 3. The first kappa shape index (κ1) is 24.2. The van der Waals surface area contributed by atoms with Crippen molar-refractivity contribution >= 4 is 18.0 Å². The molecule has 0 bridgehead atoms. The summed E-state index contributed by atoms with van der Waals surface area (Å²) in [5.74, 6) is 0.102. The Balaban J connectivity index is 3.11. The Morgan fingerprint density at radius 2 is 1.59 bits per heavy atom. The number of nitrogens with zero attached hydrogens (tertiary/aromatic N) is 1. The zero-order valence-corrected chi connectivity index (χ0v) is 19.3. The summed E-state index contributed by atoms with van der Waals surface area (Å²) in [5, 5.41) is 0.0512. The van der Waals surface area contributed by atoms with Gasteiger partial charge in [0, 0.05) is 11.2 Å². The minimum absolute atomic E-state index is 0.0512. The molecule has 0 aliphatic heterocycles. The van der Waals surface area contributed by atoms with Crippen LogP contribution in [-0.2, 0) is 20.3 Å². The summed E-state index contributed by atoms with van der Waals surface area (Å²) in [6.45, 7) is 15.0. The Morgan fingerprint density at radius 3 is 1.96 bits per heavy atom. The quantitative estimate of drug-likeness (QED) is 0.510. The van der Waals surface area contributed by atoms with E-state index in [0.29, 0.717) is 11.5 Å². The van der Waals surface area contributed by atoms with Gasteiger partial charge in [0.15, 0.2) is 8.32 Å². The number of hydrogen-bond donors (Lipinski definition) is 0. The van der Waals surface area contributed by atoms with Gasteiger partial charge < -0.3 is 4.43 Å². The van der Waals surface area contributed by atoms with Gasteiger partial charge in [0.05, 0.1) is 27.9 Å². The lowest BCUT2D eigenvalue weighted by atomic mass is 10.1. The van der Waals surface area contributed by atoms with Gasteiger partial charge in [0.1, 0.15) is 0 Å². The normalized spacial score (nSPS) is 16.9. The van der Waals surface area contributed by atoms with Crippen LogP contribution in [0.15, 0.2) is 33.5 Å². The Morgan fingerprint density at radius 1 is 1.11 bits per heavy atom. The first-order valence-electron chi connectivity index (χ1n) is 9.00. The van der Waals surface area contributed by atoms with Crippen LogP contribution >= 0.6 is 0 Å². The van der Waals surface area contributed by atoms with Crippen LogP contribution in [0.2, 0.25) is 18.1 Å². The number of benzene rings is 1. The van der Waals surface area contributed by atoms with Crippen molar-refractivity contribution in [1.29, 1.82) is 0 Å². The van der Waals surface area contributed by atoms with E-state index in [4.69, 9.17) is 4.43 Å². The number of rotatable bonds is 6. The molecule has 0 fully saturated rings. The molecule has 156 valence electrons. The molecule has 0 aliphatic carbocycles. The fourth-order valence-electron chi connectivity index (χ4n) is 2.07. The maximum Gasteiger partial charge on any atom is 0.416 e. The highest BCUT2D eigenvalue weighted by Gasteiger charge is 2.38. The average molecular weight is 424 g/mol. The lowest BCUT2D eigenvalue weighted by molar-refractivity contribution is -0.137. The minimum Gasteiger partial charge on any atom is -0.415 e. The highest BCUT2D eigenvalue weighted by molar-refractivity contribution is 7.93. The van der Waals surface area contributed by atoms with Crippen LogP contribution in [-0.4, -0.2) is 31.4 Å². The first-order valence-corrected chi connectivity index (χ1v) is 13.8. The van der Waals surface area contributed by atoms with E-state index in [1.165, 1.54) is 18.4 Å². The summed E-state index contributed by atoms with van der Waals surface area (Å²) in [6.07, 6.45) is -2.95. The molecule has 1 aromatic carbocycles. The van der Waals surface area contributed by atoms with E-state index >= 15 is 0 Å². The van der Waals surface area contributed by atoms with Crippen molar-refractivity contribution in [3.63, 3.8) is 0 Å². The summed E-state index contributed by atoms with van der Waals surface area (Å²) in [6, 6.07) is 4.11. The molecule has 27 heavy (non-hydrogen) atoms. The molecule has 2 atom stereocenters. The largest absolute Gasteiger partial charge is 0.416 e. The van der Waals surface area contributed by atoms with Crippen molar-refractivity contribution < 1.29 is 21.8 Å². The van der Waals surface area contributed by atoms with Gasteiger partial charge in [-0.05, 0) is 48.3 Å². The van der Waals surface area contributed by atoms with Crippen LogP contribution in [0.4, 0.5) is 13.2 Å². The van der Waals surface area contributed by atoms with Crippen molar-refractivity contribution in [2.24, 2.45) is 10.3 Å². The van der Waals surface area contributed by atoms with Crippen LogP contribution in [0.5, 0.6) is 0 Å². The third-order valence-electron chi connectivity index (χ3n) is 5.15. The number of hydrogen-bond acceptors (Lipinski definition) is 3. The lowest BCUT2D eigenvalue weighted by Crippen LogP contribution is -2.43. The van der Waals surface area contributed by atoms with Gasteiger partial charge in [-0.25, -0.2) is 8.57 Å². The molecule has 0 spiro atoms. The predicted octanol–water partition coefficient (Wildman–Crippen LogP) is 6.21. The van der Waals surface area contributed by atoms with E-state index in [-0.39, 0.29) is 17.0 Å². The number of halogens is 3. The summed E-state index contributed by atoms with van der Waals surface area (Å²) in [5.41, 5.74) is -0.761. The van der Waals surface area contributed by atoms with E-state index < -0.39 is 29.8 Å². The molecule has 1 unspecified atom stereocenters. The van der Waals surface area contributed by atoms with Crippen molar-refractivity contribution in [1.82, 2.24) is 0 Å². The molecule has 0 N–H and O–H groups in total. The van der Waals surface area contributed by atoms with E-state index in [1.807, 2.05) is 13.8 Å². The third-order valence-corrected chi connectivity index (χ3v) is 11.5. The summed E-state index contributed by atoms with van der Waals surface area (Å²) >= 11 is 0. The van der Waals surface area contributed by atoms with E-state index in [9.17, 15) is 17.4 Å². The molecule has 0 amide bonds. The van der Waals surface area contributed by atoms with Crippen LogP contribution in [0.3, 0.4) is 0 Å². The SMILES string of the molecule is CC(C)[C@H](CO[Si](C)(C)C(C)(C)C)N=S(C)(=O)c1ccc(C(F)(F)F)cc1. The van der Waals surface area contributed by atoms with Gasteiger partial charge >= 0.3 is 6.18 Å². The minimum atomic E-state index is -4.41. The molecule has 1 rings (SSSR count). The van der Waals surface area contributed by atoms with Gasteiger partial charge in [0.25, 0.3) is 0 Å². The zero-order valence-electron chi connectivity index (χ0n) is 17.5. The molecule has 0 saturated heterocycles. The van der Waals surface area contributed by atoms with Crippen LogP contribution in [0.25, 0.3) is 0 Å². The second-order valence-corrected chi connectivity index (χ2v) is 15.9. The van der Waals surface area contributed by atoms with Crippen molar-refractivity contribution in [2.45, 2.75) is 69.9 Å². The van der Waals surface area contributed by atoms with Gasteiger partial charge in [-0.15, -0.1) is 0 Å². The van der Waals surface area contributed by atoms with Crippen molar-refractivity contribution in [3.8, 4) is 0 Å². The standard InChI is InChI=1S/C19H32F3NO2SSi/c1-14(2)17(13-25-27(7,8)18(3,4)5)23-26(6,24)16-11-9-15(10-12-16)19(20,21)22/h9-12,14,17H,13H2,1-8H3/t17-,26?/m0/s1. The molecule has 0 saturated carbocycles.